The minimum atomic E-state index is -0.760. The molecule has 3 aromatic rings. The maximum Gasteiger partial charge on any atom is 0.192 e. The topological polar surface area (TPSA) is 41.6 Å². The average Bonchev–Trinajstić information content (AvgIpc) is 2.78. The first-order valence-electron chi connectivity index (χ1n) is 9.61. The first-order chi connectivity index (χ1) is 14.1. The molecule has 0 heterocycles. The molecular formula is C26H27N3. The molecule has 0 radical (unpaired) electrons. The predicted molar refractivity (Wildman–Crippen MR) is 123 cm³/mol. The largest absolute Gasteiger partial charge is 0.370 e. The molecule has 146 valence electrons. The molecule has 29 heavy (non-hydrogen) atoms. The van der Waals surface area contributed by atoms with Crippen LogP contribution in [0, 0.1) is 0 Å². The highest BCUT2D eigenvalue weighted by Crippen LogP contribution is 2.35. The van der Waals surface area contributed by atoms with Gasteiger partial charge in [0.1, 0.15) is 5.54 Å². The first kappa shape index (κ1) is 20.2. The normalized spacial score (nSPS) is 11.7. The van der Waals surface area contributed by atoms with Gasteiger partial charge in [0.25, 0.3) is 0 Å². The summed E-state index contributed by atoms with van der Waals surface area (Å²) in [7, 11) is 1.95. The van der Waals surface area contributed by atoms with Crippen LogP contribution in [0.1, 0.15) is 22.3 Å². The zero-order valence-electron chi connectivity index (χ0n) is 16.8. The zero-order chi connectivity index (χ0) is 20.7. The lowest BCUT2D eigenvalue weighted by atomic mass is 9.83. The fourth-order valence-corrected chi connectivity index (χ4v) is 3.40. The summed E-state index contributed by atoms with van der Waals surface area (Å²) in [4.78, 5) is 6.94. The molecule has 0 saturated carbocycles. The Balaban J connectivity index is 2.00. The van der Waals surface area contributed by atoms with Gasteiger partial charge in [-0.2, -0.15) is 0 Å². The highest BCUT2D eigenvalue weighted by atomic mass is 15.2. The van der Waals surface area contributed by atoms with E-state index in [1.165, 1.54) is 0 Å². The van der Waals surface area contributed by atoms with E-state index in [-0.39, 0.29) is 0 Å². The van der Waals surface area contributed by atoms with Gasteiger partial charge >= 0.3 is 0 Å². The molecule has 0 saturated heterocycles. The summed E-state index contributed by atoms with van der Waals surface area (Å²) in [5.41, 5.74) is 9.99. The van der Waals surface area contributed by atoms with Crippen molar-refractivity contribution in [2.45, 2.75) is 12.1 Å². The highest BCUT2D eigenvalue weighted by Gasteiger charge is 2.31. The molecule has 3 nitrogen and oxygen atoms in total. The van der Waals surface area contributed by atoms with E-state index in [2.05, 4.69) is 49.6 Å². The van der Waals surface area contributed by atoms with Crippen LogP contribution in [0.15, 0.2) is 109 Å². The van der Waals surface area contributed by atoms with Gasteiger partial charge in [0, 0.05) is 13.6 Å². The van der Waals surface area contributed by atoms with Crippen LogP contribution in [0.5, 0.6) is 0 Å². The molecule has 0 unspecified atom stereocenters. The van der Waals surface area contributed by atoms with Gasteiger partial charge in [-0.05, 0) is 28.3 Å². The van der Waals surface area contributed by atoms with Crippen LogP contribution in [0.2, 0.25) is 0 Å². The van der Waals surface area contributed by atoms with Gasteiger partial charge in [-0.1, -0.05) is 104 Å². The Hall–Kier alpha value is -3.59. The maximum absolute atomic E-state index is 6.48. The molecule has 0 bridgehead atoms. The summed E-state index contributed by atoms with van der Waals surface area (Å²) >= 11 is 0. The van der Waals surface area contributed by atoms with Crippen LogP contribution in [0.4, 0.5) is 0 Å². The number of rotatable bonds is 7. The number of hydrogen-bond donors (Lipinski definition) is 1. The molecule has 0 aliphatic rings. The van der Waals surface area contributed by atoms with E-state index in [0.29, 0.717) is 12.5 Å². The maximum atomic E-state index is 6.48. The number of nitrogens with zero attached hydrogens (tertiary/aromatic N) is 2. The molecule has 0 spiro atoms. The van der Waals surface area contributed by atoms with Crippen molar-refractivity contribution in [2.75, 3.05) is 7.05 Å². The van der Waals surface area contributed by atoms with Crippen molar-refractivity contribution in [3.05, 3.63) is 126 Å². The smallest absolute Gasteiger partial charge is 0.192 e. The van der Waals surface area contributed by atoms with Gasteiger partial charge in [0.2, 0.25) is 0 Å². The quantitative estimate of drug-likeness (QED) is 0.347. The minimum absolute atomic E-state index is 0.446. The molecule has 3 heteroatoms. The van der Waals surface area contributed by atoms with E-state index in [1.807, 2.05) is 72.6 Å². The zero-order valence-corrected chi connectivity index (χ0v) is 16.8. The van der Waals surface area contributed by atoms with Crippen LogP contribution < -0.4 is 5.73 Å². The Labute approximate surface area is 173 Å². The second kappa shape index (κ2) is 9.07. The van der Waals surface area contributed by atoms with Gasteiger partial charge < -0.3 is 10.6 Å². The molecule has 0 fully saturated rings. The Kier molecular flexibility index (Phi) is 6.30. The molecule has 0 amide bonds. The number of guanidine groups is 1. The van der Waals surface area contributed by atoms with Crippen molar-refractivity contribution in [2.24, 2.45) is 10.7 Å². The van der Waals surface area contributed by atoms with Gasteiger partial charge in [-0.15, -0.1) is 0 Å². The van der Waals surface area contributed by atoms with Gasteiger partial charge in [0.05, 0.1) is 0 Å². The molecule has 3 rings (SSSR count). The first-order valence-corrected chi connectivity index (χ1v) is 9.61. The average molecular weight is 382 g/mol. The van der Waals surface area contributed by atoms with Crippen molar-refractivity contribution in [3.8, 4) is 0 Å². The lowest BCUT2D eigenvalue weighted by Crippen LogP contribution is -2.37. The third-order valence-corrected chi connectivity index (χ3v) is 5.01. The van der Waals surface area contributed by atoms with E-state index in [1.54, 1.807) is 0 Å². The van der Waals surface area contributed by atoms with E-state index < -0.39 is 5.54 Å². The lowest BCUT2D eigenvalue weighted by Gasteiger charge is -2.30. The summed E-state index contributed by atoms with van der Waals surface area (Å²) in [5.74, 6) is 0.446. The van der Waals surface area contributed by atoms with Crippen LogP contribution in [-0.4, -0.2) is 17.9 Å². The van der Waals surface area contributed by atoms with E-state index in [0.717, 1.165) is 22.3 Å². The Morgan fingerprint density at radius 2 is 1.52 bits per heavy atom. The number of benzene rings is 3. The predicted octanol–water partition coefficient (Wildman–Crippen LogP) is 5.21. The van der Waals surface area contributed by atoms with Crippen LogP contribution in [0.3, 0.4) is 0 Å². The Bertz CT molecular complexity index is 951. The van der Waals surface area contributed by atoms with Crippen molar-refractivity contribution in [1.82, 2.24) is 4.90 Å². The molecule has 0 aromatic heterocycles. The van der Waals surface area contributed by atoms with E-state index in [4.69, 9.17) is 10.7 Å². The molecule has 2 N–H and O–H groups in total. The number of nitrogens with two attached hydrogens (primary N) is 1. The summed E-state index contributed by atoms with van der Waals surface area (Å²) in [6.45, 7) is 8.60. The fraction of sp³-hybridized carbons (Fsp3) is 0.115. The molecule has 3 aromatic carbocycles. The van der Waals surface area contributed by atoms with Gasteiger partial charge in [0.15, 0.2) is 5.96 Å². The molecule has 0 aliphatic heterocycles. The summed E-state index contributed by atoms with van der Waals surface area (Å²) in [6.07, 6.45) is 3.70. The van der Waals surface area contributed by atoms with Crippen LogP contribution in [-0.2, 0) is 12.1 Å². The fourth-order valence-electron chi connectivity index (χ4n) is 3.40. The summed E-state index contributed by atoms with van der Waals surface area (Å²) in [6, 6.07) is 28.5. The third kappa shape index (κ3) is 4.46. The molecular weight excluding hydrogens is 354 g/mol. The second-order valence-electron chi connectivity index (χ2n) is 6.98. The minimum Gasteiger partial charge on any atom is -0.370 e. The Morgan fingerprint density at radius 3 is 2.03 bits per heavy atom. The van der Waals surface area contributed by atoms with Crippen LogP contribution >= 0.6 is 0 Å². The second-order valence-corrected chi connectivity index (χ2v) is 6.98. The summed E-state index contributed by atoms with van der Waals surface area (Å²) in [5, 5.41) is 0. The van der Waals surface area contributed by atoms with Crippen molar-refractivity contribution >= 4 is 12.0 Å². The molecule has 0 aliphatic carbocycles. The van der Waals surface area contributed by atoms with E-state index in [9.17, 15) is 0 Å². The Morgan fingerprint density at radius 1 is 0.931 bits per heavy atom. The van der Waals surface area contributed by atoms with E-state index >= 15 is 0 Å². The van der Waals surface area contributed by atoms with Crippen molar-refractivity contribution < 1.29 is 0 Å². The highest BCUT2D eigenvalue weighted by molar-refractivity contribution is 5.79. The van der Waals surface area contributed by atoms with Gasteiger partial charge in [-0.25, -0.2) is 4.99 Å². The van der Waals surface area contributed by atoms with Crippen molar-refractivity contribution in [1.29, 1.82) is 0 Å². The van der Waals surface area contributed by atoms with Crippen molar-refractivity contribution in [3.63, 3.8) is 0 Å². The summed E-state index contributed by atoms with van der Waals surface area (Å²) < 4.78 is 0. The van der Waals surface area contributed by atoms with Gasteiger partial charge in [-0.3, -0.25) is 0 Å². The monoisotopic (exact) mass is 381 g/mol. The standard InChI is InChI=1S/C26H27N3/c1-4-21-13-12-14-22(19-21)20-29(3)25(27)28-26(5-2,23-15-8-6-9-16-23)24-17-10-7-11-18-24/h4-19H,1-2,20H2,3H3,(H2,27,28). The number of hydrogen-bond acceptors (Lipinski definition) is 1. The van der Waals surface area contributed by atoms with Crippen LogP contribution in [0.25, 0.3) is 6.08 Å². The SMILES string of the molecule is C=Cc1cccc(CN(C)C(N)=NC(C=C)(c2ccccc2)c2ccccc2)c1. The third-order valence-electron chi connectivity index (χ3n) is 5.01. The lowest BCUT2D eigenvalue weighted by molar-refractivity contribution is 0.483. The number of aliphatic imine (C=N–C) groups is 1. The molecule has 0 atom stereocenters.